The van der Waals surface area contributed by atoms with Crippen LogP contribution < -0.4 is 5.73 Å². The predicted octanol–water partition coefficient (Wildman–Crippen LogP) is 4.21. The Balaban J connectivity index is 2.30. The number of nitrogen functional groups attached to an aromatic ring is 1. The van der Waals surface area contributed by atoms with Gasteiger partial charge in [0, 0.05) is 20.5 Å². The highest BCUT2D eigenvalue weighted by Gasteiger charge is 2.03. The van der Waals surface area contributed by atoms with Gasteiger partial charge in [-0.25, -0.2) is 4.39 Å². The molecule has 0 amide bonds. The highest BCUT2D eigenvalue weighted by Crippen LogP contribution is 2.33. The number of halogens is 2. The zero-order valence-electron chi connectivity index (χ0n) is 8.28. The fourth-order valence-corrected chi connectivity index (χ4v) is 2.45. The summed E-state index contributed by atoms with van der Waals surface area (Å²) in [7, 11) is 0. The van der Waals surface area contributed by atoms with E-state index in [1.54, 1.807) is 12.1 Å². The van der Waals surface area contributed by atoms with Crippen LogP contribution in [0.2, 0.25) is 5.02 Å². The van der Waals surface area contributed by atoms with Gasteiger partial charge in [0.1, 0.15) is 5.82 Å². The maximum absolute atomic E-state index is 13.0. The summed E-state index contributed by atoms with van der Waals surface area (Å²) in [6.07, 6.45) is 0. The lowest BCUT2D eigenvalue weighted by molar-refractivity contribution is 0.624. The van der Waals surface area contributed by atoms with Crippen molar-refractivity contribution in [3.63, 3.8) is 0 Å². The molecule has 0 saturated carbocycles. The predicted molar refractivity (Wildman–Crippen MR) is 66.4 cm³/mol. The van der Waals surface area contributed by atoms with Crippen molar-refractivity contribution in [3.05, 3.63) is 53.3 Å². The average Bonchev–Trinajstić information content (AvgIpc) is 2.24. The second kappa shape index (κ2) is 4.76. The number of rotatable bonds is 2. The summed E-state index contributed by atoms with van der Waals surface area (Å²) in [5, 5.41) is 0.653. The van der Waals surface area contributed by atoms with Crippen molar-refractivity contribution in [2.75, 3.05) is 5.73 Å². The minimum atomic E-state index is -0.293. The van der Waals surface area contributed by atoms with Gasteiger partial charge in [0.05, 0.1) is 0 Å². The Hall–Kier alpha value is -1.19. The van der Waals surface area contributed by atoms with Crippen LogP contribution in [0.25, 0.3) is 0 Å². The number of nitrogens with two attached hydrogens (primary N) is 1. The Morgan fingerprint density at radius 1 is 1.12 bits per heavy atom. The van der Waals surface area contributed by atoms with Gasteiger partial charge >= 0.3 is 0 Å². The first-order chi connectivity index (χ1) is 7.65. The molecule has 82 valence electrons. The topological polar surface area (TPSA) is 26.0 Å². The third-order valence-corrected chi connectivity index (χ3v) is 3.30. The molecule has 0 radical (unpaired) electrons. The van der Waals surface area contributed by atoms with Crippen molar-refractivity contribution in [2.24, 2.45) is 0 Å². The Morgan fingerprint density at radius 3 is 2.69 bits per heavy atom. The van der Waals surface area contributed by atoms with E-state index < -0.39 is 0 Å². The summed E-state index contributed by atoms with van der Waals surface area (Å²) in [6.45, 7) is 0. The van der Waals surface area contributed by atoms with E-state index >= 15 is 0 Å². The molecule has 2 aromatic carbocycles. The van der Waals surface area contributed by atoms with Crippen molar-refractivity contribution in [3.8, 4) is 0 Å². The zero-order valence-corrected chi connectivity index (χ0v) is 9.86. The van der Waals surface area contributed by atoms with Gasteiger partial charge in [-0.3, -0.25) is 0 Å². The van der Waals surface area contributed by atoms with Crippen LogP contribution in [0.4, 0.5) is 10.1 Å². The smallest absolute Gasteiger partial charge is 0.124 e. The van der Waals surface area contributed by atoms with Crippen LogP contribution in [0.1, 0.15) is 0 Å². The quantitative estimate of drug-likeness (QED) is 0.812. The molecule has 16 heavy (non-hydrogen) atoms. The van der Waals surface area contributed by atoms with E-state index in [1.165, 1.54) is 23.9 Å². The van der Waals surface area contributed by atoms with E-state index in [-0.39, 0.29) is 5.82 Å². The molecule has 0 aliphatic rings. The van der Waals surface area contributed by atoms with Crippen LogP contribution >= 0.6 is 23.4 Å². The molecule has 0 fully saturated rings. The number of hydrogen-bond donors (Lipinski definition) is 1. The van der Waals surface area contributed by atoms with Gasteiger partial charge in [-0.1, -0.05) is 29.4 Å². The molecule has 0 saturated heterocycles. The van der Waals surface area contributed by atoms with Gasteiger partial charge in [0.25, 0.3) is 0 Å². The molecule has 0 aliphatic carbocycles. The van der Waals surface area contributed by atoms with E-state index in [0.29, 0.717) is 15.6 Å². The molecule has 1 nitrogen and oxygen atoms in total. The van der Waals surface area contributed by atoms with Crippen LogP contribution in [-0.4, -0.2) is 0 Å². The number of hydrogen-bond acceptors (Lipinski definition) is 2. The average molecular weight is 254 g/mol. The highest BCUT2D eigenvalue weighted by atomic mass is 35.5. The minimum Gasteiger partial charge on any atom is -0.398 e. The Morgan fingerprint density at radius 2 is 1.94 bits per heavy atom. The molecule has 0 aromatic heterocycles. The van der Waals surface area contributed by atoms with Crippen molar-refractivity contribution in [1.82, 2.24) is 0 Å². The van der Waals surface area contributed by atoms with Gasteiger partial charge < -0.3 is 5.73 Å². The summed E-state index contributed by atoms with van der Waals surface area (Å²) in [6, 6.07) is 11.7. The lowest BCUT2D eigenvalue weighted by Crippen LogP contribution is -1.89. The summed E-state index contributed by atoms with van der Waals surface area (Å²) >= 11 is 7.26. The van der Waals surface area contributed by atoms with Crippen LogP contribution in [0, 0.1) is 5.82 Å². The van der Waals surface area contributed by atoms with E-state index in [2.05, 4.69) is 0 Å². The fraction of sp³-hybridized carbons (Fsp3) is 0. The van der Waals surface area contributed by atoms with Gasteiger partial charge in [-0.15, -0.1) is 0 Å². The van der Waals surface area contributed by atoms with Gasteiger partial charge in [0.2, 0.25) is 0 Å². The van der Waals surface area contributed by atoms with Gasteiger partial charge in [0.15, 0.2) is 0 Å². The Kier molecular flexibility index (Phi) is 3.36. The lowest BCUT2D eigenvalue weighted by Gasteiger charge is -2.05. The third-order valence-electron chi connectivity index (χ3n) is 2.00. The maximum Gasteiger partial charge on any atom is 0.124 e. The number of benzene rings is 2. The number of anilines is 1. The second-order valence-electron chi connectivity index (χ2n) is 3.24. The van der Waals surface area contributed by atoms with Crippen molar-refractivity contribution < 1.29 is 4.39 Å². The maximum atomic E-state index is 13.0. The van der Waals surface area contributed by atoms with E-state index in [4.69, 9.17) is 17.3 Å². The molecule has 2 N–H and O–H groups in total. The van der Waals surface area contributed by atoms with Gasteiger partial charge in [-0.2, -0.15) is 0 Å². The summed E-state index contributed by atoms with van der Waals surface area (Å²) in [5.74, 6) is -0.293. The Labute approximate surface area is 102 Å². The first-order valence-electron chi connectivity index (χ1n) is 4.63. The Bertz CT molecular complexity index is 516. The molecule has 2 aromatic rings. The standard InChI is InChI=1S/C12H9ClFNS/c13-8-2-1-3-10(6-8)16-12-7-9(14)4-5-11(12)15/h1-7H,15H2. The van der Waals surface area contributed by atoms with E-state index in [9.17, 15) is 4.39 Å². The van der Waals surface area contributed by atoms with Gasteiger partial charge in [-0.05, 0) is 36.4 Å². The first-order valence-corrected chi connectivity index (χ1v) is 5.83. The molecule has 0 spiro atoms. The molecule has 0 aliphatic heterocycles. The van der Waals surface area contributed by atoms with Crippen LogP contribution in [0.3, 0.4) is 0 Å². The summed E-state index contributed by atoms with van der Waals surface area (Å²) < 4.78 is 13.0. The van der Waals surface area contributed by atoms with Crippen LogP contribution in [0.15, 0.2) is 52.3 Å². The molecule has 2 rings (SSSR count). The molecule has 0 atom stereocenters. The molecule has 0 unspecified atom stereocenters. The lowest BCUT2D eigenvalue weighted by atomic mass is 10.3. The van der Waals surface area contributed by atoms with Crippen LogP contribution in [0.5, 0.6) is 0 Å². The monoisotopic (exact) mass is 253 g/mol. The van der Waals surface area contributed by atoms with Crippen LogP contribution in [-0.2, 0) is 0 Å². The highest BCUT2D eigenvalue weighted by molar-refractivity contribution is 7.99. The van der Waals surface area contributed by atoms with Crippen molar-refractivity contribution in [2.45, 2.75) is 9.79 Å². The third kappa shape index (κ3) is 2.68. The largest absolute Gasteiger partial charge is 0.398 e. The zero-order chi connectivity index (χ0) is 11.5. The molecule has 0 heterocycles. The SMILES string of the molecule is Nc1ccc(F)cc1Sc1cccc(Cl)c1. The fourth-order valence-electron chi connectivity index (χ4n) is 1.25. The van der Waals surface area contributed by atoms with E-state index in [0.717, 1.165) is 4.90 Å². The summed E-state index contributed by atoms with van der Waals surface area (Å²) in [4.78, 5) is 1.63. The van der Waals surface area contributed by atoms with E-state index in [1.807, 2.05) is 18.2 Å². The van der Waals surface area contributed by atoms with Crippen molar-refractivity contribution in [1.29, 1.82) is 0 Å². The second-order valence-corrected chi connectivity index (χ2v) is 4.79. The first kappa shape index (κ1) is 11.3. The molecular weight excluding hydrogens is 245 g/mol. The minimum absolute atomic E-state index is 0.293. The normalized spacial score (nSPS) is 10.4. The molecule has 4 heteroatoms. The summed E-state index contributed by atoms with van der Waals surface area (Å²) in [5.41, 5.74) is 6.32. The van der Waals surface area contributed by atoms with Crippen molar-refractivity contribution >= 4 is 29.1 Å². The molecular formula is C12H9ClFNS. The molecule has 0 bridgehead atoms.